The van der Waals surface area contributed by atoms with Gasteiger partial charge in [0.25, 0.3) is 0 Å². The average Bonchev–Trinajstić information content (AvgIpc) is 3.39. The molecule has 4 unspecified atom stereocenters. The summed E-state index contributed by atoms with van der Waals surface area (Å²) >= 11 is 5.99. The van der Waals surface area contributed by atoms with Crippen LogP contribution in [-0.2, 0) is 24.2 Å². The average molecular weight is 515 g/mol. The zero-order chi connectivity index (χ0) is 24.9. The first-order valence-corrected chi connectivity index (χ1v) is 14.1. The van der Waals surface area contributed by atoms with Crippen LogP contribution in [0.3, 0.4) is 0 Å². The lowest BCUT2D eigenvalue weighted by Crippen LogP contribution is -2.53. The molecule has 5 rings (SSSR count). The highest BCUT2D eigenvalue weighted by Gasteiger charge is 2.53. The van der Waals surface area contributed by atoms with Crippen molar-refractivity contribution < 1.29 is 22.8 Å². The van der Waals surface area contributed by atoms with E-state index in [9.17, 15) is 22.8 Å². The van der Waals surface area contributed by atoms with Crippen molar-refractivity contribution in [1.29, 1.82) is 0 Å². The highest BCUT2D eigenvalue weighted by molar-refractivity contribution is 7.91. The molecule has 2 saturated heterocycles. The largest absolute Gasteiger partial charge is 0.338 e. The fourth-order valence-electron chi connectivity index (χ4n) is 5.99. The monoisotopic (exact) mass is 514 g/mol. The Morgan fingerprint density at radius 1 is 1.06 bits per heavy atom. The second kappa shape index (κ2) is 9.06. The number of carbonyl (C=O) groups is 3. The number of halogens is 1. The van der Waals surface area contributed by atoms with E-state index in [1.807, 2.05) is 55.5 Å². The summed E-state index contributed by atoms with van der Waals surface area (Å²) in [4.78, 5) is 42.7. The molecule has 3 amide bonds. The van der Waals surface area contributed by atoms with Gasteiger partial charge in [0.1, 0.15) is 5.88 Å². The van der Waals surface area contributed by atoms with Crippen LogP contribution in [0.2, 0.25) is 0 Å². The van der Waals surface area contributed by atoms with Crippen LogP contribution >= 0.6 is 11.6 Å². The number of benzene rings is 2. The first kappa shape index (κ1) is 24.0. The highest BCUT2D eigenvalue weighted by Crippen LogP contribution is 2.47. The first-order chi connectivity index (χ1) is 16.7. The lowest BCUT2D eigenvalue weighted by molar-refractivity contribution is -0.149. The molecule has 3 aliphatic rings. The maximum atomic E-state index is 14.0. The Bertz CT molecular complexity index is 1300. The second-order valence-electron chi connectivity index (χ2n) is 9.66. The number of fused-ring (bicyclic) bond motifs is 1. The molecule has 0 radical (unpaired) electrons. The third-order valence-electron chi connectivity index (χ3n) is 7.43. The molecule has 0 N–H and O–H groups in total. The standard InChI is InChI=1S/C26H27ClN2O5S/c1-16-9-10-18-19(12-16)24(17-6-3-2-4-7-17)26(32)29(23(31)13-27)25(18)20-14-35(33,34)15-21(20)28-11-5-8-22(28)30/h2-4,6-7,9-10,12,20-21,24-25H,5,8,11,13-15H2,1H3. The molecule has 0 spiro atoms. The molecule has 0 saturated carbocycles. The SMILES string of the molecule is Cc1ccc2c(c1)C(c1ccccc1)C(=O)N(C(=O)CCl)C2C1CS(=O)(=O)CC1N1CCCC1=O. The van der Waals surface area contributed by atoms with Gasteiger partial charge in [-0.05, 0) is 30.0 Å². The number of alkyl halides is 1. The molecule has 35 heavy (non-hydrogen) atoms. The van der Waals surface area contributed by atoms with Gasteiger partial charge in [0.05, 0.1) is 29.5 Å². The number of hydrogen-bond acceptors (Lipinski definition) is 5. The molecule has 0 bridgehead atoms. The van der Waals surface area contributed by atoms with Gasteiger partial charge in [-0.3, -0.25) is 19.3 Å². The Labute approximate surface area is 210 Å². The predicted molar refractivity (Wildman–Crippen MR) is 132 cm³/mol. The lowest BCUT2D eigenvalue weighted by Gasteiger charge is -2.44. The van der Waals surface area contributed by atoms with Gasteiger partial charge in [0.15, 0.2) is 9.84 Å². The van der Waals surface area contributed by atoms with Crippen molar-refractivity contribution in [2.75, 3.05) is 23.9 Å². The number of imide groups is 1. The van der Waals surface area contributed by atoms with Crippen LogP contribution < -0.4 is 0 Å². The van der Waals surface area contributed by atoms with E-state index in [-0.39, 0.29) is 17.4 Å². The Kier molecular flexibility index (Phi) is 6.21. The summed E-state index contributed by atoms with van der Waals surface area (Å²) < 4.78 is 25.8. The summed E-state index contributed by atoms with van der Waals surface area (Å²) in [6, 6.07) is 13.6. The number of rotatable bonds is 4. The molecular weight excluding hydrogens is 488 g/mol. The van der Waals surface area contributed by atoms with E-state index >= 15 is 0 Å². The van der Waals surface area contributed by atoms with Gasteiger partial charge in [-0.2, -0.15) is 0 Å². The summed E-state index contributed by atoms with van der Waals surface area (Å²) in [6.07, 6.45) is 1.05. The number of hydrogen-bond donors (Lipinski definition) is 0. The van der Waals surface area contributed by atoms with Crippen LogP contribution in [0.15, 0.2) is 48.5 Å². The quantitative estimate of drug-likeness (QED) is 0.585. The minimum absolute atomic E-state index is 0.0826. The van der Waals surface area contributed by atoms with Crippen molar-refractivity contribution in [3.63, 3.8) is 0 Å². The topological polar surface area (TPSA) is 91.8 Å². The van der Waals surface area contributed by atoms with Gasteiger partial charge in [-0.15, -0.1) is 11.6 Å². The predicted octanol–water partition coefficient (Wildman–Crippen LogP) is 2.81. The molecule has 4 atom stereocenters. The van der Waals surface area contributed by atoms with Crippen molar-refractivity contribution in [2.24, 2.45) is 5.92 Å². The highest BCUT2D eigenvalue weighted by atomic mass is 35.5. The van der Waals surface area contributed by atoms with Crippen LogP contribution in [0.4, 0.5) is 0 Å². The molecule has 184 valence electrons. The van der Waals surface area contributed by atoms with Gasteiger partial charge in [0, 0.05) is 18.9 Å². The Hall–Kier alpha value is -2.71. The van der Waals surface area contributed by atoms with Crippen LogP contribution in [0, 0.1) is 12.8 Å². The van der Waals surface area contributed by atoms with Gasteiger partial charge < -0.3 is 4.90 Å². The smallest absolute Gasteiger partial charge is 0.244 e. The van der Waals surface area contributed by atoms with E-state index in [0.717, 1.165) is 22.3 Å². The van der Waals surface area contributed by atoms with E-state index in [4.69, 9.17) is 11.6 Å². The van der Waals surface area contributed by atoms with Crippen LogP contribution in [-0.4, -0.2) is 65.9 Å². The molecule has 3 aliphatic heterocycles. The zero-order valence-corrected chi connectivity index (χ0v) is 21.0. The maximum Gasteiger partial charge on any atom is 0.244 e. The summed E-state index contributed by atoms with van der Waals surface area (Å²) in [5, 5.41) is 0. The van der Waals surface area contributed by atoms with Crippen molar-refractivity contribution in [1.82, 2.24) is 9.80 Å². The van der Waals surface area contributed by atoms with E-state index in [2.05, 4.69) is 0 Å². The van der Waals surface area contributed by atoms with Crippen molar-refractivity contribution in [3.8, 4) is 0 Å². The van der Waals surface area contributed by atoms with E-state index in [1.165, 1.54) is 4.90 Å². The Balaban J connectivity index is 1.71. The van der Waals surface area contributed by atoms with Crippen molar-refractivity contribution in [3.05, 3.63) is 70.8 Å². The van der Waals surface area contributed by atoms with Gasteiger partial charge in [-0.1, -0.05) is 54.1 Å². The Morgan fingerprint density at radius 3 is 2.46 bits per heavy atom. The number of amides is 3. The minimum atomic E-state index is -3.48. The fourth-order valence-corrected chi connectivity index (χ4v) is 8.20. The third-order valence-corrected chi connectivity index (χ3v) is 9.40. The first-order valence-electron chi connectivity index (χ1n) is 11.8. The number of carbonyl (C=O) groups excluding carboxylic acids is 3. The van der Waals surface area contributed by atoms with Gasteiger partial charge in [-0.25, -0.2) is 8.42 Å². The molecule has 2 aromatic rings. The van der Waals surface area contributed by atoms with Crippen molar-refractivity contribution in [2.45, 2.75) is 37.8 Å². The van der Waals surface area contributed by atoms with E-state index < -0.39 is 51.5 Å². The summed E-state index contributed by atoms with van der Waals surface area (Å²) in [5.74, 6) is -3.17. The minimum Gasteiger partial charge on any atom is -0.338 e. The number of aryl methyl sites for hydroxylation is 1. The number of likely N-dealkylation sites (tertiary alicyclic amines) is 1. The van der Waals surface area contributed by atoms with E-state index in [0.29, 0.717) is 19.4 Å². The number of nitrogens with zero attached hydrogens (tertiary/aromatic N) is 2. The zero-order valence-electron chi connectivity index (χ0n) is 19.4. The summed E-state index contributed by atoms with van der Waals surface area (Å²) in [6.45, 7) is 2.41. The van der Waals surface area contributed by atoms with Crippen LogP contribution in [0.1, 0.15) is 47.1 Å². The molecule has 2 aromatic carbocycles. The van der Waals surface area contributed by atoms with Crippen LogP contribution in [0.25, 0.3) is 0 Å². The molecule has 3 heterocycles. The van der Waals surface area contributed by atoms with E-state index in [1.54, 1.807) is 4.90 Å². The second-order valence-corrected chi connectivity index (χ2v) is 12.1. The van der Waals surface area contributed by atoms with Gasteiger partial charge in [0.2, 0.25) is 17.7 Å². The maximum absolute atomic E-state index is 14.0. The van der Waals surface area contributed by atoms with Gasteiger partial charge >= 0.3 is 0 Å². The molecule has 9 heteroatoms. The van der Waals surface area contributed by atoms with Crippen LogP contribution in [0.5, 0.6) is 0 Å². The molecule has 2 fully saturated rings. The molecule has 7 nitrogen and oxygen atoms in total. The molecule has 0 aromatic heterocycles. The normalized spacial score (nSPS) is 27.8. The Morgan fingerprint density at radius 2 is 1.80 bits per heavy atom. The van der Waals surface area contributed by atoms with Crippen molar-refractivity contribution >= 4 is 39.2 Å². The summed E-state index contributed by atoms with van der Waals surface area (Å²) in [7, 11) is -3.48. The lowest BCUT2D eigenvalue weighted by atomic mass is 9.75. The molecule has 0 aliphatic carbocycles. The molecular formula is C26H27ClN2O5S. The fraction of sp³-hybridized carbons (Fsp3) is 0.423. The third kappa shape index (κ3) is 4.16. The summed E-state index contributed by atoms with van der Waals surface area (Å²) in [5.41, 5.74) is 3.21. The number of sulfone groups is 1.